The average molecular weight is 1560 g/mol. The number of para-hydroxylation sites is 2. The Morgan fingerprint density at radius 3 is 0.680 bits per heavy atom. The second-order valence-corrected chi connectivity index (χ2v) is 29.8. The van der Waals surface area contributed by atoms with E-state index in [0.717, 1.165) is 178 Å². The Morgan fingerprint density at radius 1 is 0.131 bits per heavy atom. The molecule has 0 aliphatic carbocycles. The van der Waals surface area contributed by atoms with Gasteiger partial charge in [0, 0.05) is 99.4 Å². The number of nitrogens with zero attached hydrogens (tertiary/aromatic N) is 10. The van der Waals surface area contributed by atoms with Gasteiger partial charge in [-0.25, -0.2) is 49.8 Å². The van der Waals surface area contributed by atoms with Crippen molar-refractivity contribution in [2.24, 2.45) is 0 Å². The molecule has 6 aromatic heterocycles. The van der Waals surface area contributed by atoms with E-state index in [0.29, 0.717) is 46.6 Å². The van der Waals surface area contributed by atoms with Crippen molar-refractivity contribution < 1.29 is 8.83 Å². The van der Waals surface area contributed by atoms with Crippen molar-refractivity contribution >= 4 is 43.9 Å². The molecule has 0 unspecified atom stereocenters. The van der Waals surface area contributed by atoms with Crippen LogP contribution in [-0.2, 0) is 0 Å². The van der Waals surface area contributed by atoms with Crippen LogP contribution >= 0.6 is 0 Å². The summed E-state index contributed by atoms with van der Waals surface area (Å²) in [5.74, 6) is 5.00. The first-order chi connectivity index (χ1) is 60.4. The summed E-state index contributed by atoms with van der Waals surface area (Å²) < 4.78 is 13.3. The highest BCUT2D eigenvalue weighted by molar-refractivity contribution is 6.13. The van der Waals surface area contributed by atoms with Crippen molar-refractivity contribution in [2.45, 2.75) is 0 Å². The first kappa shape index (κ1) is 73.0. The van der Waals surface area contributed by atoms with Crippen LogP contribution in [0.25, 0.3) is 225 Å². The summed E-state index contributed by atoms with van der Waals surface area (Å²) in [6.07, 6.45) is 0. The van der Waals surface area contributed by atoms with Crippen LogP contribution in [0.2, 0.25) is 0 Å². The Morgan fingerprint density at radius 2 is 0.352 bits per heavy atom. The number of fused-ring (bicyclic) bond motifs is 6. The van der Waals surface area contributed by atoms with Gasteiger partial charge in [0.1, 0.15) is 22.3 Å². The zero-order valence-electron chi connectivity index (χ0n) is 65.7. The van der Waals surface area contributed by atoms with Crippen LogP contribution in [0.4, 0.5) is 0 Å². The molecule has 572 valence electrons. The maximum Gasteiger partial charge on any atom is 0.164 e. The van der Waals surface area contributed by atoms with Crippen molar-refractivity contribution in [3.05, 3.63) is 425 Å². The molecule has 0 saturated carbocycles. The van der Waals surface area contributed by atoms with Crippen molar-refractivity contribution in [1.82, 2.24) is 49.8 Å². The third-order valence-electron chi connectivity index (χ3n) is 21.9. The minimum Gasteiger partial charge on any atom is -0.455 e. The molecule has 22 aromatic rings. The lowest BCUT2D eigenvalue weighted by molar-refractivity contribution is 0.669. The fourth-order valence-electron chi connectivity index (χ4n) is 15.8. The molecule has 6 heterocycles. The Hall–Kier alpha value is -16.7. The molecule has 16 aromatic carbocycles. The highest BCUT2D eigenvalue weighted by Crippen LogP contribution is 2.45. The normalized spacial score (nSPS) is 11.3. The highest BCUT2D eigenvalue weighted by Gasteiger charge is 2.23. The van der Waals surface area contributed by atoms with Crippen LogP contribution in [-0.4, -0.2) is 49.8 Å². The standard InChI is InChI=1S/2C55H35N5O/c1-5-17-36(18-6-1)48-35-49(57-52(56-48)37-19-7-2-8-20-37)42-27-15-25-40(31-42)44-33-46(51-47(34-44)45-29-13-14-30-50(45)61-51)41-26-16-28-43(32-41)55-59-53(38-21-9-3-10-22-38)58-54(60-55)39-23-11-4-12-24-39;1-5-17-36(18-6-1)48-35-49(37-19-7-2-8-20-37)57-54(56-48)43-28-16-26-41(32-43)46-33-44(34-47-45-29-13-14-30-50(45)61-51(46)47)40-25-15-27-42(31-40)55-59-52(38-21-9-3-10-22-38)58-53(60-55)39-23-11-4-12-24-39/h2*1-35H. The molecule has 12 heteroatoms. The maximum absolute atomic E-state index is 6.67. The van der Waals surface area contributed by atoms with E-state index in [4.69, 9.17) is 58.7 Å². The molecule has 12 nitrogen and oxygen atoms in total. The van der Waals surface area contributed by atoms with Crippen molar-refractivity contribution in [1.29, 1.82) is 0 Å². The summed E-state index contributed by atoms with van der Waals surface area (Å²) >= 11 is 0. The molecule has 122 heavy (non-hydrogen) atoms. The van der Waals surface area contributed by atoms with Gasteiger partial charge in [0.05, 0.1) is 22.8 Å². The second kappa shape index (κ2) is 32.4. The molecule has 0 amide bonds. The fourth-order valence-corrected chi connectivity index (χ4v) is 15.8. The van der Waals surface area contributed by atoms with Gasteiger partial charge in [0.2, 0.25) is 0 Å². The summed E-state index contributed by atoms with van der Waals surface area (Å²) in [5, 5.41) is 4.18. The van der Waals surface area contributed by atoms with Crippen LogP contribution in [0.15, 0.2) is 433 Å². The number of rotatable bonds is 16. The number of hydrogen-bond acceptors (Lipinski definition) is 12. The third-order valence-corrected chi connectivity index (χ3v) is 21.9. The summed E-state index contributed by atoms with van der Waals surface area (Å²) in [5.41, 5.74) is 26.3. The quantitative estimate of drug-likeness (QED) is 0.0904. The van der Waals surface area contributed by atoms with Gasteiger partial charge in [0.25, 0.3) is 0 Å². The Labute approximate surface area is 703 Å². The minimum atomic E-state index is 0.592. The van der Waals surface area contributed by atoms with Gasteiger partial charge in [-0.3, -0.25) is 0 Å². The van der Waals surface area contributed by atoms with Crippen LogP contribution < -0.4 is 0 Å². The molecular formula is C110H70N10O2. The molecule has 0 radical (unpaired) electrons. The first-order valence-electron chi connectivity index (χ1n) is 40.5. The molecule has 0 atom stereocenters. The smallest absolute Gasteiger partial charge is 0.164 e. The van der Waals surface area contributed by atoms with E-state index in [9.17, 15) is 0 Å². The van der Waals surface area contributed by atoms with Gasteiger partial charge in [-0.2, -0.15) is 0 Å². The van der Waals surface area contributed by atoms with Crippen molar-refractivity contribution in [3.8, 4) is 181 Å². The summed E-state index contributed by atoms with van der Waals surface area (Å²) in [6.45, 7) is 0. The zero-order chi connectivity index (χ0) is 81.1. The minimum absolute atomic E-state index is 0.592. The molecular weight excluding hydrogens is 1490 g/mol. The van der Waals surface area contributed by atoms with E-state index in [1.165, 1.54) is 0 Å². The molecule has 0 bridgehead atoms. The van der Waals surface area contributed by atoms with Gasteiger partial charge in [-0.15, -0.1) is 0 Å². The van der Waals surface area contributed by atoms with E-state index < -0.39 is 0 Å². The van der Waals surface area contributed by atoms with Crippen LogP contribution in [0.1, 0.15) is 0 Å². The lowest BCUT2D eigenvalue weighted by atomic mass is 9.94. The van der Waals surface area contributed by atoms with Crippen LogP contribution in [0.3, 0.4) is 0 Å². The van der Waals surface area contributed by atoms with Gasteiger partial charge < -0.3 is 8.83 Å². The topological polar surface area (TPSA) is 155 Å². The van der Waals surface area contributed by atoms with Crippen molar-refractivity contribution in [3.63, 3.8) is 0 Å². The predicted octanol–water partition coefficient (Wildman–Crippen LogP) is 27.8. The van der Waals surface area contributed by atoms with E-state index >= 15 is 0 Å². The molecule has 0 spiro atoms. The largest absolute Gasteiger partial charge is 0.455 e. The monoisotopic (exact) mass is 1560 g/mol. The summed E-state index contributed by atoms with van der Waals surface area (Å²) in [6, 6.07) is 145. The number of furan rings is 2. The third kappa shape index (κ3) is 14.9. The molecule has 0 aliphatic rings. The average Bonchev–Trinajstić information content (AvgIpc) is 1.58. The number of hydrogen-bond donors (Lipinski definition) is 0. The summed E-state index contributed by atoms with van der Waals surface area (Å²) in [4.78, 5) is 50.3. The first-order valence-corrected chi connectivity index (χ1v) is 40.5. The molecule has 0 N–H and O–H groups in total. The zero-order valence-corrected chi connectivity index (χ0v) is 65.7. The SMILES string of the molecule is c1ccc(-c2cc(-c3cccc(-c4cc(-c5cccc(-c6nc(-c7ccccc7)nc(-c7ccccc7)n6)c5)c5oc6ccccc6c5c4)c3)nc(-c3ccccc3)n2)cc1.c1ccc(-c2cc(-c3ccccc3)nc(-c3cccc(-c4cc(-c5cccc(-c6nc(-c7ccccc7)nc(-c7ccccc7)n6)c5)cc5c4oc4ccccc45)c3)n2)cc1. The fraction of sp³-hybridized carbons (Fsp3) is 0. The lowest BCUT2D eigenvalue weighted by Crippen LogP contribution is -2.00. The Kier molecular flexibility index (Phi) is 19.4. The maximum atomic E-state index is 6.67. The van der Waals surface area contributed by atoms with Crippen LogP contribution in [0, 0.1) is 0 Å². The molecule has 22 rings (SSSR count). The molecule has 0 aliphatic heterocycles. The predicted molar refractivity (Wildman–Crippen MR) is 492 cm³/mol. The van der Waals surface area contributed by atoms with E-state index in [1.54, 1.807) is 0 Å². The molecule has 0 fully saturated rings. The Bertz CT molecular complexity index is 6920. The van der Waals surface area contributed by atoms with Gasteiger partial charge in [-0.1, -0.05) is 352 Å². The van der Waals surface area contributed by atoms with Gasteiger partial charge >= 0.3 is 0 Å². The Balaban J connectivity index is 0.000000150. The molecule has 0 saturated heterocycles. The number of benzene rings is 16. The van der Waals surface area contributed by atoms with E-state index in [1.807, 2.05) is 218 Å². The van der Waals surface area contributed by atoms with Gasteiger partial charge in [-0.05, 0) is 106 Å². The van der Waals surface area contributed by atoms with E-state index in [2.05, 4.69) is 206 Å². The van der Waals surface area contributed by atoms with E-state index in [-0.39, 0.29) is 0 Å². The number of aromatic nitrogens is 10. The van der Waals surface area contributed by atoms with Gasteiger partial charge in [0.15, 0.2) is 46.6 Å². The van der Waals surface area contributed by atoms with Crippen molar-refractivity contribution in [2.75, 3.05) is 0 Å². The summed E-state index contributed by atoms with van der Waals surface area (Å²) in [7, 11) is 0. The second-order valence-electron chi connectivity index (χ2n) is 29.8. The highest BCUT2D eigenvalue weighted by atomic mass is 16.3. The van der Waals surface area contributed by atoms with Crippen LogP contribution in [0.5, 0.6) is 0 Å². The lowest BCUT2D eigenvalue weighted by Gasteiger charge is -2.12.